The van der Waals surface area contributed by atoms with Crippen LogP contribution < -0.4 is 4.74 Å². The zero-order chi connectivity index (χ0) is 15.2. The maximum Gasteiger partial charge on any atom is 0.156 e. The van der Waals surface area contributed by atoms with Gasteiger partial charge in [0.2, 0.25) is 0 Å². The molecule has 1 saturated heterocycles. The molecule has 0 N–H and O–H groups in total. The smallest absolute Gasteiger partial charge is 0.156 e. The summed E-state index contributed by atoms with van der Waals surface area (Å²) < 4.78 is 5.74. The van der Waals surface area contributed by atoms with E-state index in [1.807, 2.05) is 6.07 Å². The Labute approximate surface area is 137 Å². The van der Waals surface area contributed by atoms with E-state index in [0.29, 0.717) is 22.4 Å². The fourth-order valence-electron chi connectivity index (χ4n) is 2.61. The van der Waals surface area contributed by atoms with Crippen LogP contribution in [-0.4, -0.2) is 55.7 Å². The summed E-state index contributed by atoms with van der Waals surface area (Å²) in [5.74, 6) is 1.33. The molecule has 21 heavy (non-hydrogen) atoms. The highest BCUT2D eigenvalue weighted by atomic mass is 35.5. The van der Waals surface area contributed by atoms with Gasteiger partial charge in [0.1, 0.15) is 6.61 Å². The molecule has 0 atom stereocenters. The van der Waals surface area contributed by atoms with Crippen molar-refractivity contribution in [2.24, 2.45) is 5.92 Å². The lowest BCUT2D eigenvalue weighted by Gasteiger charge is -2.35. The van der Waals surface area contributed by atoms with Crippen LogP contribution in [0.1, 0.15) is 13.8 Å². The average molecular weight is 331 g/mol. The van der Waals surface area contributed by atoms with Crippen molar-refractivity contribution in [2.75, 3.05) is 45.9 Å². The molecule has 1 aromatic carbocycles. The van der Waals surface area contributed by atoms with Crippen molar-refractivity contribution < 1.29 is 4.74 Å². The van der Waals surface area contributed by atoms with Crippen LogP contribution in [-0.2, 0) is 0 Å². The third-order valence-electron chi connectivity index (χ3n) is 3.66. The molecule has 1 aliphatic rings. The molecule has 1 aliphatic heterocycles. The molecule has 5 heteroatoms. The third kappa shape index (κ3) is 5.33. The number of hydrogen-bond donors (Lipinski definition) is 0. The lowest BCUT2D eigenvalue weighted by molar-refractivity contribution is 0.109. The van der Waals surface area contributed by atoms with E-state index in [1.165, 1.54) is 6.54 Å². The van der Waals surface area contributed by atoms with Gasteiger partial charge in [0.05, 0.1) is 10.0 Å². The SMILES string of the molecule is CC(C)CN1CCN(CCOc2c(Cl)cccc2Cl)CC1. The predicted octanol–water partition coefficient (Wildman–Crippen LogP) is 3.65. The highest BCUT2D eigenvalue weighted by Crippen LogP contribution is 2.32. The second-order valence-electron chi connectivity index (χ2n) is 5.94. The van der Waals surface area contributed by atoms with Gasteiger partial charge >= 0.3 is 0 Å². The van der Waals surface area contributed by atoms with Gasteiger partial charge < -0.3 is 9.64 Å². The maximum atomic E-state index is 6.09. The van der Waals surface area contributed by atoms with Gasteiger partial charge in [-0.1, -0.05) is 43.1 Å². The van der Waals surface area contributed by atoms with E-state index in [1.54, 1.807) is 12.1 Å². The van der Waals surface area contributed by atoms with Gasteiger partial charge in [0.15, 0.2) is 5.75 Å². The number of ether oxygens (including phenoxy) is 1. The Kier molecular flexibility index (Phi) is 6.62. The molecule has 3 nitrogen and oxygen atoms in total. The number of halogens is 2. The first kappa shape index (κ1) is 16.9. The van der Waals surface area contributed by atoms with Crippen LogP contribution >= 0.6 is 23.2 Å². The van der Waals surface area contributed by atoms with Crippen LogP contribution in [0.25, 0.3) is 0 Å². The summed E-state index contributed by atoms with van der Waals surface area (Å²) >= 11 is 12.2. The molecule has 0 unspecified atom stereocenters. The summed E-state index contributed by atoms with van der Waals surface area (Å²) in [7, 11) is 0. The molecule has 0 aliphatic carbocycles. The Morgan fingerprint density at radius 1 is 1.05 bits per heavy atom. The zero-order valence-corrected chi connectivity index (χ0v) is 14.3. The van der Waals surface area contributed by atoms with Gasteiger partial charge in [-0.25, -0.2) is 0 Å². The van der Waals surface area contributed by atoms with E-state index in [9.17, 15) is 0 Å². The molecular formula is C16H24Cl2N2O. The Hall–Kier alpha value is -0.480. The van der Waals surface area contributed by atoms with Crippen LogP contribution in [0, 0.1) is 5.92 Å². The first-order valence-corrected chi connectivity index (χ1v) is 8.33. The standard InChI is InChI=1S/C16H24Cl2N2O/c1-13(2)12-20-8-6-19(7-9-20)10-11-21-16-14(17)4-3-5-15(16)18/h3-5,13H,6-12H2,1-2H3. The van der Waals surface area contributed by atoms with E-state index in [4.69, 9.17) is 27.9 Å². The van der Waals surface area contributed by atoms with E-state index in [0.717, 1.165) is 38.6 Å². The quantitative estimate of drug-likeness (QED) is 0.791. The Balaban J connectivity index is 1.71. The number of piperazine rings is 1. The van der Waals surface area contributed by atoms with Crippen LogP contribution in [0.5, 0.6) is 5.75 Å². The van der Waals surface area contributed by atoms with E-state index in [2.05, 4.69) is 23.6 Å². The van der Waals surface area contributed by atoms with Gasteiger partial charge in [-0.2, -0.15) is 0 Å². The van der Waals surface area contributed by atoms with Crippen molar-refractivity contribution in [3.05, 3.63) is 28.2 Å². The lowest BCUT2D eigenvalue weighted by Crippen LogP contribution is -2.48. The van der Waals surface area contributed by atoms with Gasteiger partial charge in [-0.3, -0.25) is 4.90 Å². The molecule has 118 valence electrons. The molecule has 0 spiro atoms. The molecule has 0 saturated carbocycles. The highest BCUT2D eigenvalue weighted by Gasteiger charge is 2.17. The minimum Gasteiger partial charge on any atom is -0.489 e. The normalized spacial score (nSPS) is 17.4. The molecule has 0 bridgehead atoms. The van der Waals surface area contributed by atoms with Crippen molar-refractivity contribution >= 4 is 23.2 Å². The second kappa shape index (κ2) is 8.23. The van der Waals surface area contributed by atoms with Crippen molar-refractivity contribution in [1.82, 2.24) is 9.80 Å². The monoisotopic (exact) mass is 330 g/mol. The van der Waals surface area contributed by atoms with Gasteiger partial charge in [-0.05, 0) is 18.1 Å². The molecular weight excluding hydrogens is 307 g/mol. The topological polar surface area (TPSA) is 15.7 Å². The molecule has 1 fully saturated rings. The van der Waals surface area contributed by atoms with Crippen molar-refractivity contribution in [2.45, 2.75) is 13.8 Å². The maximum absolute atomic E-state index is 6.09. The summed E-state index contributed by atoms with van der Waals surface area (Å²) in [6.07, 6.45) is 0. The minimum atomic E-state index is 0.573. The average Bonchev–Trinajstić information content (AvgIpc) is 2.43. The van der Waals surface area contributed by atoms with Crippen LogP contribution in [0.15, 0.2) is 18.2 Å². The molecule has 1 heterocycles. The minimum absolute atomic E-state index is 0.573. The fourth-order valence-corrected chi connectivity index (χ4v) is 3.12. The Morgan fingerprint density at radius 2 is 1.62 bits per heavy atom. The number of benzene rings is 1. The fraction of sp³-hybridized carbons (Fsp3) is 0.625. The van der Waals surface area contributed by atoms with Gasteiger partial charge in [0, 0.05) is 39.3 Å². The molecule has 0 aromatic heterocycles. The predicted molar refractivity (Wildman–Crippen MR) is 89.7 cm³/mol. The Morgan fingerprint density at radius 3 is 2.19 bits per heavy atom. The van der Waals surface area contributed by atoms with Gasteiger partial charge in [-0.15, -0.1) is 0 Å². The van der Waals surface area contributed by atoms with Crippen molar-refractivity contribution in [1.29, 1.82) is 0 Å². The zero-order valence-electron chi connectivity index (χ0n) is 12.8. The van der Waals surface area contributed by atoms with Crippen LogP contribution in [0.2, 0.25) is 10.0 Å². The first-order chi connectivity index (χ1) is 10.1. The van der Waals surface area contributed by atoms with Crippen LogP contribution in [0.4, 0.5) is 0 Å². The summed E-state index contributed by atoms with van der Waals surface area (Å²) in [5.41, 5.74) is 0. The summed E-state index contributed by atoms with van der Waals surface area (Å²) in [6.45, 7) is 11.8. The summed E-state index contributed by atoms with van der Waals surface area (Å²) in [6, 6.07) is 5.42. The van der Waals surface area contributed by atoms with Gasteiger partial charge in [0.25, 0.3) is 0 Å². The first-order valence-electron chi connectivity index (χ1n) is 7.58. The summed E-state index contributed by atoms with van der Waals surface area (Å²) in [5, 5.41) is 1.15. The highest BCUT2D eigenvalue weighted by molar-refractivity contribution is 6.37. The van der Waals surface area contributed by atoms with Crippen LogP contribution in [0.3, 0.4) is 0 Å². The van der Waals surface area contributed by atoms with E-state index in [-0.39, 0.29) is 0 Å². The molecule has 0 amide bonds. The van der Waals surface area contributed by atoms with Crippen molar-refractivity contribution in [3.63, 3.8) is 0 Å². The molecule has 0 radical (unpaired) electrons. The Bertz CT molecular complexity index is 426. The lowest BCUT2D eigenvalue weighted by atomic mass is 10.2. The van der Waals surface area contributed by atoms with E-state index >= 15 is 0 Å². The number of para-hydroxylation sites is 1. The van der Waals surface area contributed by atoms with E-state index < -0.39 is 0 Å². The number of rotatable bonds is 6. The third-order valence-corrected chi connectivity index (χ3v) is 4.26. The molecule has 2 rings (SSSR count). The largest absolute Gasteiger partial charge is 0.489 e. The molecule has 1 aromatic rings. The second-order valence-corrected chi connectivity index (χ2v) is 6.75. The number of hydrogen-bond acceptors (Lipinski definition) is 3. The summed E-state index contributed by atoms with van der Waals surface area (Å²) in [4.78, 5) is 4.97. The number of nitrogens with zero attached hydrogens (tertiary/aromatic N) is 2. The van der Waals surface area contributed by atoms with Crippen molar-refractivity contribution in [3.8, 4) is 5.75 Å².